The predicted octanol–water partition coefficient (Wildman–Crippen LogP) is 4.42. The lowest BCUT2D eigenvalue weighted by molar-refractivity contribution is -0.137. The number of hydrogen-bond acceptors (Lipinski definition) is 3. The maximum absolute atomic E-state index is 12.6. The topological polar surface area (TPSA) is 50.4 Å². The molecule has 2 rings (SSSR count). The monoisotopic (exact) mass is 358 g/mol. The van der Waals surface area contributed by atoms with Gasteiger partial charge < -0.3 is 15.4 Å². The van der Waals surface area contributed by atoms with Gasteiger partial charge in [0.2, 0.25) is 5.91 Å². The van der Waals surface area contributed by atoms with Gasteiger partial charge in [0.15, 0.2) is 0 Å². The summed E-state index contributed by atoms with van der Waals surface area (Å²) in [4.78, 5) is 12.0. The number of carbonyl (C=O) groups is 1. The number of amides is 1. The predicted molar refractivity (Wildman–Crippen MR) is 86.6 cm³/mol. The van der Waals surface area contributed by atoms with E-state index in [0.29, 0.717) is 16.5 Å². The van der Waals surface area contributed by atoms with Crippen molar-refractivity contribution >= 4 is 28.9 Å². The van der Waals surface area contributed by atoms with Gasteiger partial charge in [0.05, 0.1) is 24.9 Å². The fourth-order valence-electron chi connectivity index (χ4n) is 1.96. The first-order valence-corrected chi connectivity index (χ1v) is 7.22. The van der Waals surface area contributed by atoms with Crippen molar-refractivity contribution in [1.82, 2.24) is 0 Å². The zero-order valence-electron chi connectivity index (χ0n) is 12.6. The smallest absolute Gasteiger partial charge is 0.416 e. The van der Waals surface area contributed by atoms with Crippen molar-refractivity contribution in [3.63, 3.8) is 0 Å². The first-order chi connectivity index (χ1) is 11.3. The average molecular weight is 359 g/mol. The molecular weight excluding hydrogens is 345 g/mol. The molecule has 1 amide bonds. The summed E-state index contributed by atoms with van der Waals surface area (Å²) in [7, 11) is 1.44. The molecule has 0 atom stereocenters. The molecule has 0 aromatic heterocycles. The van der Waals surface area contributed by atoms with Crippen molar-refractivity contribution in [2.45, 2.75) is 6.18 Å². The van der Waals surface area contributed by atoms with Crippen molar-refractivity contribution in [3.05, 3.63) is 53.1 Å². The van der Waals surface area contributed by atoms with E-state index in [1.807, 2.05) is 0 Å². The second-order valence-electron chi connectivity index (χ2n) is 4.82. The fourth-order valence-corrected chi connectivity index (χ4v) is 2.13. The maximum atomic E-state index is 12.6. The Morgan fingerprint density at radius 1 is 1.21 bits per heavy atom. The molecule has 4 nitrogen and oxygen atoms in total. The summed E-state index contributed by atoms with van der Waals surface area (Å²) < 4.78 is 43.0. The van der Waals surface area contributed by atoms with Crippen LogP contribution in [-0.4, -0.2) is 19.6 Å². The normalized spacial score (nSPS) is 11.0. The van der Waals surface area contributed by atoms with Gasteiger partial charge >= 0.3 is 6.18 Å². The number of halogens is 4. The average Bonchev–Trinajstić information content (AvgIpc) is 2.53. The second-order valence-corrected chi connectivity index (χ2v) is 5.26. The number of methoxy groups -OCH3 is 1. The molecule has 2 aromatic carbocycles. The van der Waals surface area contributed by atoms with Crippen LogP contribution >= 0.6 is 11.6 Å². The van der Waals surface area contributed by atoms with Crippen LogP contribution in [0.2, 0.25) is 5.02 Å². The molecular formula is C16H14ClF3N2O2. The Bertz CT molecular complexity index is 736. The summed E-state index contributed by atoms with van der Waals surface area (Å²) in [6, 6.07) is 9.33. The highest BCUT2D eigenvalue weighted by molar-refractivity contribution is 6.31. The molecule has 2 N–H and O–H groups in total. The zero-order chi connectivity index (χ0) is 17.7. The van der Waals surface area contributed by atoms with Crippen molar-refractivity contribution in [2.24, 2.45) is 0 Å². The van der Waals surface area contributed by atoms with Gasteiger partial charge in [0.25, 0.3) is 0 Å². The quantitative estimate of drug-likeness (QED) is 0.832. The zero-order valence-corrected chi connectivity index (χ0v) is 13.3. The summed E-state index contributed by atoms with van der Waals surface area (Å²) in [5.74, 6) is -0.0280. The van der Waals surface area contributed by atoms with Crippen LogP contribution in [0.4, 0.5) is 24.5 Å². The molecule has 24 heavy (non-hydrogen) atoms. The van der Waals surface area contributed by atoms with Crippen LogP contribution < -0.4 is 15.4 Å². The lowest BCUT2D eigenvalue weighted by atomic mass is 10.2. The summed E-state index contributed by atoms with van der Waals surface area (Å²) in [6.45, 7) is -0.211. The van der Waals surface area contributed by atoms with E-state index in [1.165, 1.54) is 25.3 Å². The van der Waals surface area contributed by atoms with Gasteiger partial charge in [0.1, 0.15) is 5.75 Å². The van der Waals surface area contributed by atoms with Gasteiger partial charge in [-0.05, 0) is 36.4 Å². The minimum absolute atomic E-state index is 0.193. The highest BCUT2D eigenvalue weighted by Crippen LogP contribution is 2.31. The van der Waals surface area contributed by atoms with E-state index in [4.69, 9.17) is 16.3 Å². The number of hydrogen-bond donors (Lipinski definition) is 2. The second kappa shape index (κ2) is 7.44. The van der Waals surface area contributed by atoms with Crippen molar-refractivity contribution in [1.29, 1.82) is 0 Å². The summed E-state index contributed by atoms with van der Waals surface area (Å²) in [5, 5.41) is 5.64. The summed E-state index contributed by atoms with van der Waals surface area (Å²) >= 11 is 5.86. The lowest BCUT2D eigenvalue weighted by Gasteiger charge is -2.12. The lowest BCUT2D eigenvalue weighted by Crippen LogP contribution is -2.22. The van der Waals surface area contributed by atoms with Crippen molar-refractivity contribution in [3.8, 4) is 5.75 Å². The fraction of sp³-hybridized carbons (Fsp3) is 0.188. The van der Waals surface area contributed by atoms with Crippen LogP contribution in [0.5, 0.6) is 5.75 Å². The van der Waals surface area contributed by atoms with Gasteiger partial charge in [-0.1, -0.05) is 17.7 Å². The molecule has 0 radical (unpaired) electrons. The molecule has 0 unspecified atom stereocenters. The van der Waals surface area contributed by atoms with Gasteiger partial charge in [-0.15, -0.1) is 0 Å². The van der Waals surface area contributed by atoms with Crippen LogP contribution in [0.25, 0.3) is 0 Å². The minimum Gasteiger partial charge on any atom is -0.495 e. The van der Waals surface area contributed by atoms with E-state index in [-0.39, 0.29) is 12.2 Å². The number of rotatable bonds is 5. The number of anilines is 2. The van der Waals surface area contributed by atoms with Crippen LogP contribution in [0.3, 0.4) is 0 Å². The molecule has 0 saturated carbocycles. The summed E-state index contributed by atoms with van der Waals surface area (Å²) in [6.07, 6.45) is -4.44. The Hall–Kier alpha value is -2.41. The first kappa shape index (κ1) is 17.9. The van der Waals surface area contributed by atoms with Gasteiger partial charge in [0, 0.05) is 10.7 Å². The number of alkyl halides is 3. The third kappa shape index (κ3) is 4.79. The van der Waals surface area contributed by atoms with Gasteiger partial charge in [-0.3, -0.25) is 4.79 Å². The Kier molecular flexibility index (Phi) is 5.56. The number of nitrogens with one attached hydrogen (secondary N) is 2. The van der Waals surface area contributed by atoms with Gasteiger partial charge in [-0.25, -0.2) is 0 Å². The third-order valence-corrected chi connectivity index (χ3v) is 3.31. The van der Waals surface area contributed by atoms with E-state index in [2.05, 4.69) is 10.6 Å². The number of benzene rings is 2. The highest BCUT2D eigenvalue weighted by atomic mass is 35.5. The molecule has 0 fully saturated rings. The molecule has 0 aliphatic rings. The Morgan fingerprint density at radius 2 is 1.96 bits per heavy atom. The van der Waals surface area contributed by atoms with Crippen LogP contribution in [-0.2, 0) is 11.0 Å². The Morgan fingerprint density at radius 3 is 2.62 bits per heavy atom. The van der Waals surface area contributed by atoms with E-state index in [0.717, 1.165) is 12.1 Å². The van der Waals surface area contributed by atoms with E-state index < -0.39 is 17.6 Å². The van der Waals surface area contributed by atoms with Gasteiger partial charge in [-0.2, -0.15) is 13.2 Å². The van der Waals surface area contributed by atoms with Crippen LogP contribution in [0.1, 0.15) is 5.56 Å². The molecule has 0 spiro atoms. The first-order valence-electron chi connectivity index (χ1n) is 6.84. The van der Waals surface area contributed by atoms with Crippen LogP contribution in [0.15, 0.2) is 42.5 Å². The minimum atomic E-state index is -4.44. The Balaban J connectivity index is 2.00. The molecule has 0 aliphatic carbocycles. The molecule has 0 saturated heterocycles. The van der Waals surface area contributed by atoms with Crippen LogP contribution in [0, 0.1) is 0 Å². The maximum Gasteiger partial charge on any atom is 0.416 e. The molecule has 8 heteroatoms. The largest absolute Gasteiger partial charge is 0.495 e. The molecule has 0 bridgehead atoms. The standard InChI is InChI=1S/C16H14ClF3N2O2/c1-24-14-6-5-11(17)8-13(14)22-15(23)9-21-12-4-2-3-10(7-12)16(18,19)20/h2-8,21H,9H2,1H3,(H,22,23). The molecule has 2 aromatic rings. The van der Waals surface area contributed by atoms with Crippen molar-refractivity contribution in [2.75, 3.05) is 24.3 Å². The molecule has 0 heterocycles. The molecule has 0 aliphatic heterocycles. The third-order valence-electron chi connectivity index (χ3n) is 3.08. The summed E-state index contributed by atoms with van der Waals surface area (Å²) in [5.41, 5.74) is -0.219. The number of ether oxygens (including phenoxy) is 1. The van der Waals surface area contributed by atoms with Crippen molar-refractivity contribution < 1.29 is 22.7 Å². The highest BCUT2D eigenvalue weighted by Gasteiger charge is 2.30. The molecule has 128 valence electrons. The van der Waals surface area contributed by atoms with E-state index in [1.54, 1.807) is 12.1 Å². The number of carbonyl (C=O) groups excluding carboxylic acids is 1. The SMILES string of the molecule is COc1ccc(Cl)cc1NC(=O)CNc1cccc(C(F)(F)F)c1. The van der Waals surface area contributed by atoms with E-state index >= 15 is 0 Å². The van der Waals surface area contributed by atoms with E-state index in [9.17, 15) is 18.0 Å². The Labute approximate surface area is 141 Å².